The molecule has 1 aliphatic rings. The lowest BCUT2D eigenvalue weighted by atomic mass is 10.0. The molecule has 2 aromatic carbocycles. The molecule has 0 unspecified atom stereocenters. The fourth-order valence-corrected chi connectivity index (χ4v) is 4.28. The number of nitrogens with one attached hydrogen (secondary N) is 3. The molecule has 0 radical (unpaired) electrons. The summed E-state index contributed by atoms with van der Waals surface area (Å²) in [5.74, 6) is 0.697. The molecule has 0 saturated carbocycles. The van der Waals surface area contributed by atoms with Crippen molar-refractivity contribution in [2.75, 3.05) is 24.3 Å². The van der Waals surface area contributed by atoms with Gasteiger partial charge in [-0.1, -0.05) is 6.07 Å². The molecule has 11 heteroatoms. The third kappa shape index (κ3) is 5.57. The first-order chi connectivity index (χ1) is 18.2. The average Bonchev–Trinajstić information content (AvgIpc) is 3.39. The van der Waals surface area contributed by atoms with Gasteiger partial charge in [-0.05, 0) is 62.2 Å². The molecule has 38 heavy (non-hydrogen) atoms. The van der Waals surface area contributed by atoms with Crippen LogP contribution in [-0.4, -0.2) is 33.4 Å². The Bertz CT molecular complexity index is 1450. The van der Waals surface area contributed by atoms with Gasteiger partial charge in [0.1, 0.15) is 11.6 Å². The Morgan fingerprint density at radius 3 is 2.61 bits per heavy atom. The van der Waals surface area contributed by atoms with E-state index >= 15 is 0 Å². The van der Waals surface area contributed by atoms with Crippen molar-refractivity contribution in [2.45, 2.75) is 39.0 Å². The normalized spacial score (nSPS) is 13.3. The molecular formula is C27H28F3N7O. The molecule has 1 aliphatic heterocycles. The second kappa shape index (κ2) is 10.3. The summed E-state index contributed by atoms with van der Waals surface area (Å²) in [4.78, 5) is 9.04. The number of anilines is 4. The van der Waals surface area contributed by atoms with Crippen molar-refractivity contribution in [3.05, 3.63) is 71.7 Å². The molecule has 0 bridgehead atoms. The lowest BCUT2D eigenvalue weighted by Gasteiger charge is -2.19. The lowest BCUT2D eigenvalue weighted by Crippen LogP contribution is -2.23. The highest BCUT2D eigenvalue weighted by atomic mass is 19.4. The monoisotopic (exact) mass is 523 g/mol. The number of rotatable bonds is 7. The Balaban J connectivity index is 1.52. The molecule has 8 nitrogen and oxygen atoms in total. The Hall–Kier alpha value is -4.12. The standard InChI is InChI=1S/C27H28F3N7O/c1-16(2)37-15-19(13-33-37)24-14-32-26(35-22-9-20(27(28,29)30)10-23(11-22)38-3)36-25(24)34-21-5-4-17-6-7-31-12-18(17)8-21/h4-5,8-11,13-16,31H,6-7,12H2,1-3H3,(H2,32,34,35,36). The number of ether oxygens (including phenoxy) is 1. The van der Waals surface area contributed by atoms with E-state index in [1.165, 1.54) is 24.3 Å². The predicted octanol–water partition coefficient (Wildman–Crippen LogP) is 6.08. The third-order valence-electron chi connectivity index (χ3n) is 6.31. The fraction of sp³-hybridized carbons (Fsp3) is 0.296. The largest absolute Gasteiger partial charge is 0.497 e. The van der Waals surface area contributed by atoms with Crippen LogP contribution in [0, 0.1) is 0 Å². The van der Waals surface area contributed by atoms with E-state index < -0.39 is 11.7 Å². The summed E-state index contributed by atoms with van der Waals surface area (Å²) < 4.78 is 47.1. The number of fused-ring (bicyclic) bond motifs is 1. The first-order valence-electron chi connectivity index (χ1n) is 12.2. The highest BCUT2D eigenvalue weighted by molar-refractivity contribution is 5.78. The van der Waals surface area contributed by atoms with E-state index in [2.05, 4.69) is 43.1 Å². The van der Waals surface area contributed by atoms with Crippen LogP contribution in [0.25, 0.3) is 11.1 Å². The van der Waals surface area contributed by atoms with Gasteiger partial charge >= 0.3 is 6.18 Å². The second-order valence-corrected chi connectivity index (χ2v) is 9.37. The molecule has 4 aromatic rings. The molecular weight excluding hydrogens is 495 g/mol. The molecule has 0 saturated heterocycles. The Morgan fingerprint density at radius 2 is 1.87 bits per heavy atom. The summed E-state index contributed by atoms with van der Waals surface area (Å²) in [5, 5.41) is 14.1. The predicted molar refractivity (Wildman–Crippen MR) is 140 cm³/mol. The van der Waals surface area contributed by atoms with Gasteiger partial charge in [-0.15, -0.1) is 0 Å². The smallest absolute Gasteiger partial charge is 0.416 e. The quantitative estimate of drug-likeness (QED) is 0.271. The Kier molecular flexibility index (Phi) is 6.94. The van der Waals surface area contributed by atoms with Gasteiger partial charge in [-0.2, -0.15) is 23.3 Å². The fourth-order valence-electron chi connectivity index (χ4n) is 4.28. The van der Waals surface area contributed by atoms with Crippen LogP contribution in [0.2, 0.25) is 0 Å². The van der Waals surface area contributed by atoms with Crippen LogP contribution in [0.4, 0.5) is 36.3 Å². The van der Waals surface area contributed by atoms with Crippen molar-refractivity contribution in [1.82, 2.24) is 25.1 Å². The summed E-state index contributed by atoms with van der Waals surface area (Å²) >= 11 is 0. The minimum atomic E-state index is -4.53. The first-order valence-corrected chi connectivity index (χ1v) is 12.2. The van der Waals surface area contributed by atoms with Crippen LogP contribution in [0.3, 0.4) is 0 Å². The van der Waals surface area contributed by atoms with E-state index in [0.29, 0.717) is 11.4 Å². The number of hydrogen-bond acceptors (Lipinski definition) is 7. The number of methoxy groups -OCH3 is 1. The maximum absolute atomic E-state index is 13.4. The van der Waals surface area contributed by atoms with Crippen molar-refractivity contribution < 1.29 is 17.9 Å². The van der Waals surface area contributed by atoms with Gasteiger partial charge < -0.3 is 20.7 Å². The van der Waals surface area contributed by atoms with Crippen molar-refractivity contribution in [3.63, 3.8) is 0 Å². The van der Waals surface area contributed by atoms with E-state index in [1.807, 2.05) is 30.8 Å². The first kappa shape index (κ1) is 25.5. The number of halogens is 3. The molecule has 0 fully saturated rings. The summed E-state index contributed by atoms with van der Waals surface area (Å²) in [6, 6.07) is 9.75. The highest BCUT2D eigenvalue weighted by Crippen LogP contribution is 2.35. The average molecular weight is 524 g/mol. The molecule has 2 aromatic heterocycles. The van der Waals surface area contributed by atoms with Gasteiger partial charge in [-0.3, -0.25) is 4.68 Å². The van der Waals surface area contributed by atoms with Crippen LogP contribution in [-0.2, 0) is 19.1 Å². The van der Waals surface area contributed by atoms with Crippen molar-refractivity contribution in [3.8, 4) is 16.9 Å². The SMILES string of the molecule is COc1cc(Nc2ncc(-c3cnn(C(C)C)c3)c(Nc3ccc4c(c3)CNCC4)n2)cc(C(F)(F)F)c1. The van der Waals surface area contributed by atoms with Crippen LogP contribution in [0.15, 0.2) is 55.0 Å². The maximum Gasteiger partial charge on any atom is 0.416 e. The Morgan fingerprint density at radius 1 is 1.03 bits per heavy atom. The topological polar surface area (TPSA) is 88.9 Å². The molecule has 0 atom stereocenters. The maximum atomic E-state index is 13.4. The molecule has 0 spiro atoms. The van der Waals surface area contributed by atoms with Gasteiger partial charge in [0.15, 0.2) is 0 Å². The molecule has 0 amide bonds. The molecule has 5 rings (SSSR count). The second-order valence-electron chi connectivity index (χ2n) is 9.37. The highest BCUT2D eigenvalue weighted by Gasteiger charge is 2.31. The molecule has 0 aliphatic carbocycles. The van der Waals surface area contributed by atoms with E-state index in [9.17, 15) is 13.2 Å². The van der Waals surface area contributed by atoms with Crippen LogP contribution in [0.5, 0.6) is 5.75 Å². The number of benzene rings is 2. The van der Waals surface area contributed by atoms with E-state index in [0.717, 1.165) is 42.9 Å². The Labute approximate surface area is 218 Å². The summed E-state index contributed by atoms with van der Waals surface area (Å²) in [6.07, 6.45) is 1.73. The third-order valence-corrected chi connectivity index (χ3v) is 6.31. The number of nitrogens with zero attached hydrogens (tertiary/aromatic N) is 4. The van der Waals surface area contributed by atoms with E-state index in [-0.39, 0.29) is 23.4 Å². The van der Waals surface area contributed by atoms with Crippen molar-refractivity contribution >= 4 is 23.1 Å². The zero-order chi connectivity index (χ0) is 26.9. The molecule has 198 valence electrons. The van der Waals surface area contributed by atoms with Crippen molar-refractivity contribution in [2.24, 2.45) is 0 Å². The zero-order valence-electron chi connectivity index (χ0n) is 21.2. The van der Waals surface area contributed by atoms with Crippen LogP contribution < -0.4 is 20.7 Å². The summed E-state index contributed by atoms with van der Waals surface area (Å²) in [5.41, 5.74) is 4.19. The number of aromatic nitrogens is 4. The van der Waals surface area contributed by atoms with E-state index in [1.54, 1.807) is 12.4 Å². The summed E-state index contributed by atoms with van der Waals surface area (Å²) in [6.45, 7) is 5.80. The number of hydrogen-bond donors (Lipinski definition) is 3. The molecule has 3 heterocycles. The van der Waals surface area contributed by atoms with Gasteiger partial charge in [-0.25, -0.2) is 4.98 Å². The van der Waals surface area contributed by atoms with Gasteiger partial charge in [0.2, 0.25) is 5.95 Å². The summed E-state index contributed by atoms with van der Waals surface area (Å²) in [7, 11) is 1.32. The zero-order valence-corrected chi connectivity index (χ0v) is 21.2. The van der Waals surface area contributed by atoms with Gasteiger partial charge in [0.25, 0.3) is 0 Å². The minimum absolute atomic E-state index is 0.0704. The molecule has 3 N–H and O–H groups in total. The van der Waals surface area contributed by atoms with Crippen LogP contribution >= 0.6 is 0 Å². The van der Waals surface area contributed by atoms with E-state index in [4.69, 9.17) is 4.74 Å². The minimum Gasteiger partial charge on any atom is -0.497 e. The van der Waals surface area contributed by atoms with Crippen LogP contribution in [0.1, 0.15) is 36.6 Å². The lowest BCUT2D eigenvalue weighted by molar-refractivity contribution is -0.137. The number of alkyl halides is 3. The van der Waals surface area contributed by atoms with Crippen molar-refractivity contribution in [1.29, 1.82) is 0 Å². The van der Waals surface area contributed by atoms with Gasteiger partial charge in [0, 0.05) is 53.5 Å². The van der Waals surface area contributed by atoms with Gasteiger partial charge in [0.05, 0.1) is 18.9 Å².